The highest BCUT2D eigenvalue weighted by Crippen LogP contribution is 2.29. The van der Waals surface area contributed by atoms with Gasteiger partial charge in [0.15, 0.2) is 0 Å². The van der Waals surface area contributed by atoms with E-state index in [1.807, 2.05) is 11.8 Å². The van der Waals surface area contributed by atoms with E-state index >= 15 is 0 Å². The summed E-state index contributed by atoms with van der Waals surface area (Å²) in [6.07, 6.45) is 3.82. The molecule has 0 heterocycles. The molecule has 1 amide bonds. The van der Waals surface area contributed by atoms with Crippen LogP contribution in [0.25, 0.3) is 0 Å². The van der Waals surface area contributed by atoms with E-state index in [-0.39, 0.29) is 18.0 Å². The fourth-order valence-electron chi connectivity index (χ4n) is 2.83. The fraction of sp³-hybridized carbons (Fsp3) is 0.533. The molecule has 5 heteroatoms. The van der Waals surface area contributed by atoms with Crippen LogP contribution in [0.5, 0.6) is 0 Å². The summed E-state index contributed by atoms with van der Waals surface area (Å²) in [5.74, 6) is -0.0800. The molecule has 0 unspecified atom stereocenters. The molecule has 0 saturated heterocycles. The largest absolute Gasteiger partial charge is 0.336 e. The highest BCUT2D eigenvalue weighted by atomic mass is 35.5. The van der Waals surface area contributed by atoms with Crippen molar-refractivity contribution in [1.29, 1.82) is 0 Å². The van der Waals surface area contributed by atoms with Gasteiger partial charge in [-0.3, -0.25) is 4.79 Å². The Morgan fingerprint density at radius 2 is 1.80 bits per heavy atom. The van der Waals surface area contributed by atoms with E-state index in [9.17, 15) is 4.79 Å². The molecule has 0 radical (unpaired) electrons. The van der Waals surface area contributed by atoms with Gasteiger partial charge in [-0.2, -0.15) is 0 Å². The van der Waals surface area contributed by atoms with Crippen LogP contribution in [0.2, 0.25) is 10.0 Å². The van der Waals surface area contributed by atoms with Crippen LogP contribution in [0, 0.1) is 0 Å². The molecule has 0 aromatic heterocycles. The van der Waals surface area contributed by atoms with Gasteiger partial charge in [-0.15, -0.1) is 0 Å². The first-order valence-corrected chi connectivity index (χ1v) is 7.80. The highest BCUT2D eigenvalue weighted by Gasteiger charge is 2.29. The number of carbonyl (C=O) groups is 1. The second-order valence-corrected chi connectivity index (χ2v) is 6.07. The molecular weight excluding hydrogens is 295 g/mol. The fourth-order valence-corrected chi connectivity index (χ4v) is 3.39. The third-order valence-corrected chi connectivity index (χ3v) is 4.59. The average molecular weight is 315 g/mol. The van der Waals surface area contributed by atoms with Crippen molar-refractivity contribution in [3.8, 4) is 0 Å². The number of hydrogen-bond acceptors (Lipinski definition) is 2. The topological polar surface area (TPSA) is 46.3 Å². The monoisotopic (exact) mass is 314 g/mol. The molecule has 1 fully saturated rings. The van der Waals surface area contributed by atoms with E-state index in [1.165, 1.54) is 0 Å². The van der Waals surface area contributed by atoms with E-state index < -0.39 is 0 Å². The predicted molar refractivity (Wildman–Crippen MR) is 83.4 cm³/mol. The van der Waals surface area contributed by atoms with Gasteiger partial charge < -0.3 is 10.6 Å². The molecular formula is C15H20Cl2N2O. The molecule has 0 aliphatic heterocycles. The predicted octanol–water partition coefficient (Wildman–Crippen LogP) is 3.73. The van der Waals surface area contributed by atoms with Crippen LogP contribution in [0.4, 0.5) is 0 Å². The van der Waals surface area contributed by atoms with Gasteiger partial charge in [0.05, 0.1) is 15.6 Å². The number of rotatable bonds is 3. The summed E-state index contributed by atoms with van der Waals surface area (Å²) in [7, 11) is 0. The van der Waals surface area contributed by atoms with Crippen molar-refractivity contribution in [1.82, 2.24) is 4.90 Å². The van der Waals surface area contributed by atoms with Gasteiger partial charge in [-0.1, -0.05) is 29.3 Å². The van der Waals surface area contributed by atoms with E-state index in [0.29, 0.717) is 22.2 Å². The van der Waals surface area contributed by atoms with Crippen LogP contribution in [-0.4, -0.2) is 29.4 Å². The Labute approximate surface area is 130 Å². The van der Waals surface area contributed by atoms with Crippen molar-refractivity contribution < 1.29 is 4.79 Å². The zero-order valence-electron chi connectivity index (χ0n) is 11.6. The van der Waals surface area contributed by atoms with E-state index in [4.69, 9.17) is 28.9 Å². The zero-order chi connectivity index (χ0) is 14.7. The van der Waals surface area contributed by atoms with Gasteiger partial charge in [0.2, 0.25) is 0 Å². The van der Waals surface area contributed by atoms with Crippen molar-refractivity contribution in [2.45, 2.75) is 44.7 Å². The minimum absolute atomic E-state index is 0.0800. The summed E-state index contributed by atoms with van der Waals surface area (Å²) in [5.41, 5.74) is 6.34. The third kappa shape index (κ3) is 3.27. The average Bonchev–Trinajstić information content (AvgIpc) is 2.41. The summed E-state index contributed by atoms with van der Waals surface area (Å²) in [4.78, 5) is 14.6. The number of hydrogen-bond donors (Lipinski definition) is 1. The molecule has 2 rings (SSSR count). The molecule has 1 aliphatic rings. The van der Waals surface area contributed by atoms with E-state index in [1.54, 1.807) is 18.2 Å². The summed E-state index contributed by atoms with van der Waals surface area (Å²) < 4.78 is 0. The smallest absolute Gasteiger partial charge is 0.257 e. The second kappa shape index (κ2) is 6.79. The van der Waals surface area contributed by atoms with Crippen molar-refractivity contribution in [2.24, 2.45) is 5.73 Å². The molecule has 1 saturated carbocycles. The Morgan fingerprint density at radius 1 is 1.25 bits per heavy atom. The number of benzene rings is 1. The summed E-state index contributed by atoms with van der Waals surface area (Å²) >= 11 is 12.3. The lowest BCUT2D eigenvalue weighted by Gasteiger charge is -2.35. The number of nitrogens with zero attached hydrogens (tertiary/aromatic N) is 1. The maximum Gasteiger partial charge on any atom is 0.257 e. The van der Waals surface area contributed by atoms with E-state index in [0.717, 1.165) is 25.7 Å². The van der Waals surface area contributed by atoms with Crippen molar-refractivity contribution in [2.75, 3.05) is 6.54 Å². The normalized spacial score (nSPS) is 22.6. The quantitative estimate of drug-likeness (QED) is 0.924. The third-order valence-electron chi connectivity index (χ3n) is 3.96. The minimum Gasteiger partial charge on any atom is -0.336 e. The standard InChI is InChI=1S/C15H20Cl2N2O/c1-2-19(11-8-6-10(18)7-9-11)15(20)14-12(16)4-3-5-13(14)17/h3-5,10-11H,2,6-9,18H2,1H3. The van der Waals surface area contributed by atoms with Crippen LogP contribution in [0.15, 0.2) is 18.2 Å². The molecule has 1 aromatic carbocycles. The second-order valence-electron chi connectivity index (χ2n) is 5.26. The number of carbonyl (C=O) groups excluding carboxylic acids is 1. The summed E-state index contributed by atoms with van der Waals surface area (Å²) in [6.45, 7) is 2.64. The van der Waals surface area contributed by atoms with E-state index in [2.05, 4.69) is 0 Å². The maximum absolute atomic E-state index is 12.7. The van der Waals surface area contributed by atoms with Gasteiger partial charge in [0.25, 0.3) is 5.91 Å². The summed E-state index contributed by atoms with van der Waals surface area (Å²) in [5, 5.41) is 0.821. The van der Waals surface area contributed by atoms with Crippen LogP contribution in [-0.2, 0) is 0 Å². The van der Waals surface area contributed by atoms with Crippen molar-refractivity contribution in [3.05, 3.63) is 33.8 Å². The van der Waals surface area contributed by atoms with Crippen LogP contribution < -0.4 is 5.73 Å². The van der Waals surface area contributed by atoms with Crippen molar-refractivity contribution in [3.63, 3.8) is 0 Å². The van der Waals surface area contributed by atoms with Crippen LogP contribution in [0.3, 0.4) is 0 Å². The Hall–Kier alpha value is -0.770. The first-order valence-electron chi connectivity index (χ1n) is 7.05. The minimum atomic E-state index is -0.0800. The molecule has 20 heavy (non-hydrogen) atoms. The summed E-state index contributed by atoms with van der Waals surface area (Å²) in [6, 6.07) is 5.65. The Morgan fingerprint density at radius 3 is 2.30 bits per heavy atom. The SMILES string of the molecule is CCN(C(=O)c1c(Cl)cccc1Cl)C1CCC(N)CC1. The maximum atomic E-state index is 12.7. The Bertz CT molecular complexity index is 465. The van der Waals surface area contributed by atoms with Crippen LogP contribution >= 0.6 is 23.2 Å². The van der Waals surface area contributed by atoms with Crippen LogP contribution in [0.1, 0.15) is 43.0 Å². The lowest BCUT2D eigenvalue weighted by molar-refractivity contribution is 0.0641. The molecule has 1 aromatic rings. The number of amides is 1. The first-order chi connectivity index (χ1) is 9.54. The van der Waals surface area contributed by atoms with Crippen molar-refractivity contribution >= 4 is 29.1 Å². The van der Waals surface area contributed by atoms with Gasteiger partial charge in [-0.05, 0) is 44.7 Å². The van der Waals surface area contributed by atoms with Gasteiger partial charge in [0.1, 0.15) is 0 Å². The molecule has 3 nitrogen and oxygen atoms in total. The molecule has 1 aliphatic carbocycles. The molecule has 0 bridgehead atoms. The van der Waals surface area contributed by atoms with Gasteiger partial charge in [-0.25, -0.2) is 0 Å². The molecule has 0 spiro atoms. The lowest BCUT2D eigenvalue weighted by atomic mass is 9.90. The molecule has 2 N–H and O–H groups in total. The highest BCUT2D eigenvalue weighted by molar-refractivity contribution is 6.39. The Kier molecular flexibility index (Phi) is 5.30. The number of halogens is 2. The number of nitrogens with two attached hydrogens (primary N) is 1. The molecule has 110 valence electrons. The van der Waals surface area contributed by atoms with Gasteiger partial charge >= 0.3 is 0 Å². The first kappa shape index (κ1) is 15.6. The Balaban J connectivity index is 2.21. The van der Waals surface area contributed by atoms with Gasteiger partial charge in [0, 0.05) is 18.6 Å². The lowest BCUT2D eigenvalue weighted by Crippen LogP contribution is -2.44. The molecule has 0 atom stereocenters. The zero-order valence-corrected chi connectivity index (χ0v) is 13.1.